The van der Waals surface area contributed by atoms with Crippen LogP contribution in [0.25, 0.3) is 0 Å². The Hall–Kier alpha value is -2.28. The van der Waals surface area contributed by atoms with E-state index in [-0.39, 0.29) is 18.2 Å². The zero-order valence-electron chi connectivity index (χ0n) is 17.4. The van der Waals surface area contributed by atoms with Crippen LogP contribution < -0.4 is 11.1 Å². The van der Waals surface area contributed by atoms with Gasteiger partial charge in [0, 0.05) is 32.3 Å². The van der Waals surface area contributed by atoms with Crippen LogP contribution in [-0.2, 0) is 15.9 Å². The number of likely N-dealkylation sites (tertiary alicyclic amines) is 1. The number of carbonyl (C=O) groups is 1. The van der Waals surface area contributed by atoms with E-state index in [4.69, 9.17) is 15.2 Å². The van der Waals surface area contributed by atoms with Crippen LogP contribution in [0.15, 0.2) is 29.3 Å². The number of nitrogens with zero attached hydrogens (tertiary/aromatic N) is 2. The number of carbonyl (C=O) groups excluding carboxylic acids is 1. The topological polar surface area (TPSA) is 89.2 Å². The van der Waals surface area contributed by atoms with E-state index in [9.17, 15) is 4.79 Å². The molecule has 0 bridgehead atoms. The molecule has 1 fully saturated rings. The number of rotatable bonds is 7. The summed E-state index contributed by atoms with van der Waals surface area (Å²) in [5.74, 6) is 0.475. The zero-order chi connectivity index (χ0) is 20.5. The first-order chi connectivity index (χ1) is 14.2. The van der Waals surface area contributed by atoms with Crippen LogP contribution in [-0.4, -0.2) is 55.8 Å². The van der Waals surface area contributed by atoms with Gasteiger partial charge in [-0.2, -0.15) is 0 Å². The fourth-order valence-electron chi connectivity index (χ4n) is 4.05. The Labute approximate surface area is 173 Å². The highest BCUT2D eigenvalue weighted by Gasteiger charge is 2.23. The molecular weight excluding hydrogens is 368 g/mol. The van der Waals surface area contributed by atoms with Crippen LogP contribution in [0, 0.1) is 0 Å². The molecular formula is C22H34N4O3. The van der Waals surface area contributed by atoms with Crippen molar-refractivity contribution in [3.05, 3.63) is 35.4 Å². The van der Waals surface area contributed by atoms with E-state index in [1.54, 1.807) is 4.90 Å². The van der Waals surface area contributed by atoms with Gasteiger partial charge >= 0.3 is 6.09 Å². The summed E-state index contributed by atoms with van der Waals surface area (Å²) in [5, 5.41) is 3.27. The van der Waals surface area contributed by atoms with Crippen molar-refractivity contribution in [3.63, 3.8) is 0 Å². The molecule has 1 aromatic rings. The van der Waals surface area contributed by atoms with Crippen molar-refractivity contribution in [2.24, 2.45) is 10.7 Å². The number of ether oxygens (including phenoxy) is 2. The van der Waals surface area contributed by atoms with Gasteiger partial charge in [0.25, 0.3) is 0 Å². The van der Waals surface area contributed by atoms with Crippen molar-refractivity contribution in [1.82, 2.24) is 10.2 Å². The average Bonchev–Trinajstić information content (AvgIpc) is 2.74. The van der Waals surface area contributed by atoms with Gasteiger partial charge in [0.1, 0.15) is 0 Å². The van der Waals surface area contributed by atoms with Crippen molar-refractivity contribution in [1.29, 1.82) is 0 Å². The maximum Gasteiger partial charge on any atom is 0.409 e. The predicted molar refractivity (Wildman–Crippen MR) is 114 cm³/mol. The molecule has 1 atom stereocenters. The lowest BCUT2D eigenvalue weighted by Gasteiger charge is -2.31. The van der Waals surface area contributed by atoms with Gasteiger partial charge in [-0.25, -0.2) is 4.79 Å². The Kier molecular flexibility index (Phi) is 8.16. The van der Waals surface area contributed by atoms with E-state index in [1.165, 1.54) is 17.5 Å². The molecule has 0 aromatic heterocycles. The molecule has 1 aliphatic heterocycles. The molecule has 0 radical (unpaired) electrons. The molecule has 1 aromatic carbocycles. The van der Waals surface area contributed by atoms with E-state index in [0.29, 0.717) is 38.8 Å². The molecule has 29 heavy (non-hydrogen) atoms. The highest BCUT2D eigenvalue weighted by molar-refractivity contribution is 5.78. The molecule has 1 saturated heterocycles. The van der Waals surface area contributed by atoms with Crippen LogP contribution in [0.1, 0.15) is 56.3 Å². The summed E-state index contributed by atoms with van der Waals surface area (Å²) >= 11 is 0. The number of nitrogens with two attached hydrogens (primary N) is 1. The molecule has 3 rings (SSSR count). The Morgan fingerprint density at radius 3 is 2.86 bits per heavy atom. The summed E-state index contributed by atoms with van der Waals surface area (Å²) in [4.78, 5) is 17.9. The summed E-state index contributed by atoms with van der Waals surface area (Å²) in [5.41, 5.74) is 8.79. The van der Waals surface area contributed by atoms with Crippen LogP contribution in [0.2, 0.25) is 0 Å². The lowest BCUT2D eigenvalue weighted by Crippen LogP contribution is -2.48. The molecule has 1 amide bonds. The SMILES string of the molecule is CCOC(=O)N1CCC(NC(N)=NCCCOC2CCCc3ccccc32)CC1. The maximum atomic E-state index is 11.7. The second-order valence-corrected chi connectivity index (χ2v) is 7.68. The molecule has 7 heteroatoms. The molecule has 1 aliphatic carbocycles. The largest absolute Gasteiger partial charge is 0.450 e. The lowest BCUT2D eigenvalue weighted by atomic mass is 9.89. The number of benzene rings is 1. The smallest absolute Gasteiger partial charge is 0.409 e. The number of hydrogen-bond acceptors (Lipinski definition) is 4. The van der Waals surface area contributed by atoms with Crippen molar-refractivity contribution in [3.8, 4) is 0 Å². The van der Waals surface area contributed by atoms with E-state index in [0.717, 1.165) is 32.1 Å². The van der Waals surface area contributed by atoms with Gasteiger partial charge < -0.3 is 25.4 Å². The molecule has 160 valence electrons. The third kappa shape index (κ3) is 6.35. The lowest BCUT2D eigenvalue weighted by molar-refractivity contribution is 0.0403. The second-order valence-electron chi connectivity index (χ2n) is 7.68. The van der Waals surface area contributed by atoms with Crippen molar-refractivity contribution >= 4 is 12.1 Å². The van der Waals surface area contributed by atoms with Crippen LogP contribution >= 0.6 is 0 Å². The summed E-state index contributed by atoms with van der Waals surface area (Å²) < 4.78 is 11.2. The van der Waals surface area contributed by atoms with Crippen molar-refractivity contribution in [2.45, 2.75) is 57.6 Å². The van der Waals surface area contributed by atoms with Crippen LogP contribution in [0.5, 0.6) is 0 Å². The van der Waals surface area contributed by atoms with Gasteiger partial charge in [0.2, 0.25) is 0 Å². The molecule has 1 unspecified atom stereocenters. The van der Waals surface area contributed by atoms with E-state index < -0.39 is 0 Å². The van der Waals surface area contributed by atoms with Gasteiger partial charge in [-0.05, 0) is 56.6 Å². The first-order valence-electron chi connectivity index (χ1n) is 10.8. The van der Waals surface area contributed by atoms with Crippen LogP contribution in [0.4, 0.5) is 4.79 Å². The highest BCUT2D eigenvalue weighted by atomic mass is 16.6. The van der Waals surface area contributed by atoms with Gasteiger partial charge in [0.15, 0.2) is 5.96 Å². The molecule has 0 saturated carbocycles. The zero-order valence-corrected chi connectivity index (χ0v) is 17.4. The number of piperidine rings is 1. The minimum Gasteiger partial charge on any atom is -0.450 e. The van der Waals surface area contributed by atoms with E-state index in [1.807, 2.05) is 6.92 Å². The number of fused-ring (bicyclic) bond motifs is 1. The fraction of sp³-hybridized carbons (Fsp3) is 0.636. The first kappa shape index (κ1) is 21.4. The maximum absolute atomic E-state index is 11.7. The van der Waals surface area contributed by atoms with Gasteiger partial charge in [0.05, 0.1) is 12.7 Å². The van der Waals surface area contributed by atoms with E-state index in [2.05, 4.69) is 34.6 Å². The number of hydrogen-bond donors (Lipinski definition) is 2. The Balaban J connectivity index is 1.32. The quantitative estimate of drug-likeness (QED) is 0.416. The molecule has 7 nitrogen and oxygen atoms in total. The number of amides is 1. The minimum atomic E-state index is -0.229. The minimum absolute atomic E-state index is 0.212. The average molecular weight is 403 g/mol. The Morgan fingerprint density at radius 2 is 2.07 bits per heavy atom. The second kappa shape index (κ2) is 11.0. The predicted octanol–water partition coefficient (Wildman–Crippen LogP) is 3.00. The van der Waals surface area contributed by atoms with Crippen molar-refractivity contribution < 1.29 is 14.3 Å². The van der Waals surface area contributed by atoms with Gasteiger partial charge in [-0.3, -0.25) is 4.99 Å². The Morgan fingerprint density at radius 1 is 1.28 bits per heavy atom. The third-order valence-corrected chi connectivity index (χ3v) is 5.59. The van der Waals surface area contributed by atoms with Gasteiger partial charge in [-0.1, -0.05) is 24.3 Å². The monoisotopic (exact) mass is 402 g/mol. The summed E-state index contributed by atoms with van der Waals surface area (Å²) in [6.07, 6.45) is 5.96. The summed E-state index contributed by atoms with van der Waals surface area (Å²) in [6.45, 7) is 4.93. The van der Waals surface area contributed by atoms with Crippen molar-refractivity contribution in [2.75, 3.05) is 32.8 Å². The fourth-order valence-corrected chi connectivity index (χ4v) is 4.05. The first-order valence-corrected chi connectivity index (χ1v) is 10.8. The van der Waals surface area contributed by atoms with Crippen LogP contribution in [0.3, 0.4) is 0 Å². The summed E-state index contributed by atoms with van der Waals surface area (Å²) in [6, 6.07) is 8.84. The molecule has 0 spiro atoms. The standard InChI is InChI=1S/C22H34N4O3/c1-2-28-22(27)26-14-11-18(12-15-26)25-21(23)24-13-6-16-29-20-10-5-8-17-7-3-4-9-19(17)20/h3-4,7,9,18,20H,2,5-6,8,10-16H2,1H3,(H3,23,24,25). The number of nitrogens with one attached hydrogen (secondary N) is 1. The molecule has 3 N–H and O–H groups in total. The number of aliphatic imine (C=N–C) groups is 1. The normalized spacial score (nSPS) is 20.2. The highest BCUT2D eigenvalue weighted by Crippen LogP contribution is 2.32. The molecule has 2 aliphatic rings. The number of guanidine groups is 1. The Bertz CT molecular complexity index is 686. The van der Waals surface area contributed by atoms with Gasteiger partial charge in [-0.15, -0.1) is 0 Å². The number of aryl methyl sites for hydroxylation is 1. The van der Waals surface area contributed by atoms with E-state index >= 15 is 0 Å². The summed E-state index contributed by atoms with van der Waals surface area (Å²) in [7, 11) is 0. The molecule has 1 heterocycles. The third-order valence-electron chi connectivity index (χ3n) is 5.59.